The lowest BCUT2D eigenvalue weighted by molar-refractivity contribution is -0.140. The van der Waals surface area contributed by atoms with Crippen LogP contribution in [-0.4, -0.2) is 30.0 Å². The SMILES string of the molecule is CCN(Cc1ccc(OC)cc1)C(=O)C1(N)CCC1. The summed E-state index contributed by atoms with van der Waals surface area (Å²) in [5.74, 6) is 0.907. The number of carbonyl (C=O) groups is 1. The molecule has 1 fully saturated rings. The average Bonchev–Trinajstić information content (AvgIpc) is 2.42. The minimum Gasteiger partial charge on any atom is -0.497 e. The maximum atomic E-state index is 12.4. The van der Waals surface area contributed by atoms with E-state index in [1.807, 2.05) is 36.1 Å². The highest BCUT2D eigenvalue weighted by molar-refractivity contribution is 5.87. The monoisotopic (exact) mass is 262 g/mol. The van der Waals surface area contributed by atoms with Gasteiger partial charge in [0.2, 0.25) is 5.91 Å². The molecule has 104 valence electrons. The highest BCUT2D eigenvalue weighted by Gasteiger charge is 2.42. The number of nitrogens with two attached hydrogens (primary N) is 1. The summed E-state index contributed by atoms with van der Waals surface area (Å²) in [4.78, 5) is 14.2. The molecule has 0 unspecified atom stereocenters. The van der Waals surface area contributed by atoms with Gasteiger partial charge < -0.3 is 15.4 Å². The number of amides is 1. The second kappa shape index (κ2) is 5.61. The lowest BCUT2D eigenvalue weighted by Crippen LogP contribution is -2.59. The minimum absolute atomic E-state index is 0.0806. The molecule has 1 aromatic rings. The Hall–Kier alpha value is -1.55. The van der Waals surface area contributed by atoms with E-state index >= 15 is 0 Å². The molecule has 4 nitrogen and oxygen atoms in total. The molecular weight excluding hydrogens is 240 g/mol. The van der Waals surface area contributed by atoms with E-state index in [4.69, 9.17) is 10.5 Å². The first-order valence-electron chi connectivity index (χ1n) is 6.80. The second-order valence-electron chi connectivity index (χ2n) is 5.18. The van der Waals surface area contributed by atoms with Gasteiger partial charge in [0.05, 0.1) is 12.6 Å². The van der Waals surface area contributed by atoms with Crippen LogP contribution in [0.3, 0.4) is 0 Å². The van der Waals surface area contributed by atoms with Crippen LogP contribution in [0.2, 0.25) is 0 Å². The lowest BCUT2D eigenvalue weighted by Gasteiger charge is -2.40. The van der Waals surface area contributed by atoms with Crippen molar-refractivity contribution in [2.45, 2.75) is 38.3 Å². The van der Waals surface area contributed by atoms with Gasteiger partial charge >= 0.3 is 0 Å². The van der Waals surface area contributed by atoms with E-state index in [9.17, 15) is 4.79 Å². The van der Waals surface area contributed by atoms with Crippen molar-refractivity contribution in [3.63, 3.8) is 0 Å². The van der Waals surface area contributed by atoms with Crippen LogP contribution in [0.15, 0.2) is 24.3 Å². The Morgan fingerprint density at radius 2 is 2.00 bits per heavy atom. The van der Waals surface area contributed by atoms with E-state index in [0.29, 0.717) is 13.1 Å². The number of hydrogen-bond donors (Lipinski definition) is 1. The summed E-state index contributed by atoms with van der Waals surface area (Å²) in [6.45, 7) is 3.28. The summed E-state index contributed by atoms with van der Waals surface area (Å²) in [6.07, 6.45) is 2.68. The fraction of sp³-hybridized carbons (Fsp3) is 0.533. The molecule has 4 heteroatoms. The van der Waals surface area contributed by atoms with Gasteiger partial charge in [0.25, 0.3) is 0 Å². The smallest absolute Gasteiger partial charge is 0.242 e. The second-order valence-corrected chi connectivity index (χ2v) is 5.18. The van der Waals surface area contributed by atoms with E-state index in [-0.39, 0.29) is 5.91 Å². The molecule has 0 saturated heterocycles. The summed E-state index contributed by atoms with van der Waals surface area (Å²) >= 11 is 0. The van der Waals surface area contributed by atoms with Gasteiger partial charge in [-0.25, -0.2) is 0 Å². The molecule has 2 rings (SSSR count). The Morgan fingerprint density at radius 3 is 2.42 bits per heavy atom. The van der Waals surface area contributed by atoms with E-state index in [2.05, 4.69) is 0 Å². The number of likely N-dealkylation sites (N-methyl/N-ethyl adjacent to an activating group) is 1. The van der Waals surface area contributed by atoms with Crippen molar-refractivity contribution >= 4 is 5.91 Å². The van der Waals surface area contributed by atoms with Crippen molar-refractivity contribution < 1.29 is 9.53 Å². The predicted octanol–water partition coefficient (Wildman–Crippen LogP) is 1.93. The number of methoxy groups -OCH3 is 1. The fourth-order valence-electron chi connectivity index (χ4n) is 2.36. The zero-order valence-corrected chi connectivity index (χ0v) is 11.7. The molecule has 1 aromatic carbocycles. The molecule has 0 heterocycles. The van der Waals surface area contributed by atoms with Crippen molar-refractivity contribution in [2.75, 3.05) is 13.7 Å². The van der Waals surface area contributed by atoms with Crippen LogP contribution in [0.25, 0.3) is 0 Å². The average molecular weight is 262 g/mol. The van der Waals surface area contributed by atoms with E-state index in [0.717, 1.165) is 30.6 Å². The topological polar surface area (TPSA) is 55.6 Å². The summed E-state index contributed by atoms with van der Waals surface area (Å²) < 4.78 is 5.13. The third-order valence-electron chi connectivity index (χ3n) is 3.87. The molecule has 1 aliphatic carbocycles. The zero-order valence-electron chi connectivity index (χ0n) is 11.7. The summed E-state index contributed by atoms with van der Waals surface area (Å²) in [6, 6.07) is 7.79. The van der Waals surface area contributed by atoms with Crippen LogP contribution in [0.4, 0.5) is 0 Å². The number of carbonyl (C=O) groups excluding carboxylic acids is 1. The van der Waals surface area contributed by atoms with Crippen LogP contribution in [0, 0.1) is 0 Å². The summed E-state index contributed by atoms with van der Waals surface area (Å²) in [7, 11) is 1.64. The highest BCUT2D eigenvalue weighted by atomic mass is 16.5. The number of rotatable bonds is 5. The van der Waals surface area contributed by atoms with Gasteiger partial charge in [-0.2, -0.15) is 0 Å². The van der Waals surface area contributed by atoms with Gasteiger partial charge in [0, 0.05) is 13.1 Å². The molecule has 0 aliphatic heterocycles. The van der Waals surface area contributed by atoms with Gasteiger partial charge in [0.1, 0.15) is 5.75 Å². The molecule has 0 radical (unpaired) electrons. The lowest BCUT2D eigenvalue weighted by atomic mass is 9.76. The molecule has 19 heavy (non-hydrogen) atoms. The molecular formula is C15H22N2O2. The Bertz CT molecular complexity index is 438. The fourth-order valence-corrected chi connectivity index (χ4v) is 2.36. The first-order chi connectivity index (χ1) is 9.09. The Kier molecular flexibility index (Phi) is 4.10. The molecule has 0 atom stereocenters. The van der Waals surface area contributed by atoms with Crippen LogP contribution >= 0.6 is 0 Å². The standard InChI is InChI=1S/C15H22N2O2/c1-3-17(14(18)15(16)9-4-10-15)11-12-5-7-13(19-2)8-6-12/h5-8H,3-4,9-11,16H2,1-2H3. The van der Waals surface area contributed by atoms with Gasteiger partial charge in [-0.3, -0.25) is 4.79 Å². The molecule has 0 spiro atoms. The third-order valence-corrected chi connectivity index (χ3v) is 3.87. The normalized spacial score (nSPS) is 16.6. The van der Waals surface area contributed by atoms with Crippen molar-refractivity contribution in [2.24, 2.45) is 5.73 Å². The molecule has 1 amide bonds. The third kappa shape index (κ3) is 2.89. The molecule has 1 aliphatic rings. The van der Waals surface area contributed by atoms with Gasteiger partial charge in [-0.15, -0.1) is 0 Å². The maximum absolute atomic E-state index is 12.4. The van der Waals surface area contributed by atoms with Crippen LogP contribution < -0.4 is 10.5 Å². The number of benzene rings is 1. The first kappa shape index (κ1) is 13.9. The molecule has 0 bridgehead atoms. The number of hydrogen-bond acceptors (Lipinski definition) is 3. The minimum atomic E-state index is -0.609. The largest absolute Gasteiger partial charge is 0.497 e. The van der Waals surface area contributed by atoms with Crippen molar-refractivity contribution in [1.29, 1.82) is 0 Å². The Balaban J connectivity index is 2.03. The van der Waals surface area contributed by atoms with Crippen molar-refractivity contribution in [3.8, 4) is 5.75 Å². The molecule has 1 saturated carbocycles. The zero-order chi connectivity index (χ0) is 13.9. The maximum Gasteiger partial charge on any atom is 0.242 e. The summed E-state index contributed by atoms with van der Waals surface area (Å²) in [5.41, 5.74) is 6.60. The van der Waals surface area contributed by atoms with Gasteiger partial charge in [-0.1, -0.05) is 12.1 Å². The highest BCUT2D eigenvalue weighted by Crippen LogP contribution is 2.31. The summed E-state index contributed by atoms with van der Waals surface area (Å²) in [5, 5.41) is 0. The van der Waals surface area contributed by atoms with Gasteiger partial charge in [-0.05, 0) is 43.9 Å². The first-order valence-corrected chi connectivity index (χ1v) is 6.80. The number of nitrogens with zero attached hydrogens (tertiary/aromatic N) is 1. The quantitative estimate of drug-likeness (QED) is 0.882. The van der Waals surface area contributed by atoms with Crippen LogP contribution in [0.5, 0.6) is 5.75 Å². The Morgan fingerprint density at radius 1 is 1.37 bits per heavy atom. The Labute approximate surface area is 114 Å². The van der Waals surface area contributed by atoms with Crippen LogP contribution in [-0.2, 0) is 11.3 Å². The van der Waals surface area contributed by atoms with Crippen molar-refractivity contribution in [3.05, 3.63) is 29.8 Å². The van der Waals surface area contributed by atoms with E-state index < -0.39 is 5.54 Å². The van der Waals surface area contributed by atoms with Gasteiger partial charge in [0.15, 0.2) is 0 Å². The number of ether oxygens (including phenoxy) is 1. The predicted molar refractivity (Wildman–Crippen MR) is 74.9 cm³/mol. The molecule has 0 aromatic heterocycles. The van der Waals surface area contributed by atoms with E-state index in [1.54, 1.807) is 7.11 Å². The molecule has 2 N–H and O–H groups in total. The van der Waals surface area contributed by atoms with Crippen molar-refractivity contribution in [1.82, 2.24) is 4.90 Å². The van der Waals surface area contributed by atoms with Crippen LogP contribution in [0.1, 0.15) is 31.7 Å². The van der Waals surface area contributed by atoms with E-state index in [1.165, 1.54) is 0 Å².